The molecule has 0 radical (unpaired) electrons. The molecule has 9 heteroatoms. The third-order valence-corrected chi connectivity index (χ3v) is 4.72. The molecule has 1 amide bonds. The van der Waals surface area contributed by atoms with Crippen LogP contribution in [0.3, 0.4) is 0 Å². The van der Waals surface area contributed by atoms with E-state index in [2.05, 4.69) is 15.4 Å². The third kappa shape index (κ3) is 4.41. The minimum absolute atomic E-state index is 0.0766. The number of anilines is 1. The Kier molecular flexibility index (Phi) is 5.56. The molecule has 2 aromatic carbocycles. The van der Waals surface area contributed by atoms with Crippen molar-refractivity contribution in [2.24, 2.45) is 0 Å². The highest BCUT2D eigenvalue weighted by molar-refractivity contribution is 6.03. The van der Waals surface area contributed by atoms with Crippen molar-refractivity contribution in [2.75, 3.05) is 11.9 Å². The van der Waals surface area contributed by atoms with Crippen LogP contribution in [0.4, 0.5) is 18.9 Å². The van der Waals surface area contributed by atoms with Crippen molar-refractivity contribution >= 4 is 17.2 Å². The first kappa shape index (κ1) is 21.4. The number of hydrogen-bond acceptors (Lipinski definition) is 4. The Bertz CT molecular complexity index is 1260. The van der Waals surface area contributed by atoms with Gasteiger partial charge in [-0.3, -0.25) is 4.79 Å². The number of fused-ring (bicyclic) bond motifs is 1. The summed E-state index contributed by atoms with van der Waals surface area (Å²) >= 11 is 0. The molecule has 0 aliphatic heterocycles. The normalized spacial score (nSPS) is 11.5. The highest BCUT2D eigenvalue weighted by Crippen LogP contribution is 2.32. The fourth-order valence-electron chi connectivity index (χ4n) is 3.16. The lowest BCUT2D eigenvalue weighted by Crippen LogP contribution is -2.15. The van der Waals surface area contributed by atoms with Crippen LogP contribution < -0.4 is 10.1 Å². The largest absolute Gasteiger partial charge is 0.494 e. The summed E-state index contributed by atoms with van der Waals surface area (Å²) in [7, 11) is 0. The number of amides is 1. The predicted octanol–water partition coefficient (Wildman–Crippen LogP) is 5.37. The van der Waals surface area contributed by atoms with Gasteiger partial charge < -0.3 is 10.1 Å². The van der Waals surface area contributed by atoms with E-state index in [-0.39, 0.29) is 17.0 Å². The van der Waals surface area contributed by atoms with Crippen molar-refractivity contribution < 1.29 is 22.7 Å². The van der Waals surface area contributed by atoms with Gasteiger partial charge in [-0.25, -0.2) is 9.50 Å². The molecular weight excluding hydrogens is 421 g/mol. The van der Waals surface area contributed by atoms with Crippen LogP contribution in [0.15, 0.2) is 60.7 Å². The molecule has 0 unspecified atom stereocenters. The number of rotatable bonds is 5. The Labute approximate surface area is 181 Å². The van der Waals surface area contributed by atoms with Crippen LogP contribution in [0.25, 0.3) is 16.9 Å². The Morgan fingerprint density at radius 1 is 1.06 bits per heavy atom. The molecule has 6 nitrogen and oxygen atoms in total. The lowest BCUT2D eigenvalue weighted by Gasteiger charge is -2.11. The second-order valence-corrected chi connectivity index (χ2v) is 7.10. The first-order chi connectivity index (χ1) is 15.2. The van der Waals surface area contributed by atoms with Gasteiger partial charge in [-0.05, 0) is 44.2 Å². The standard InChI is InChI=1S/C23H19F3N4O2/c1-3-32-17-10-8-16(9-11-17)27-22(31)19-13-21-28-18(15-6-4-14(2)5-7-15)12-20(23(24,25)26)30(21)29-19/h4-13H,3H2,1-2H3,(H,27,31). The summed E-state index contributed by atoms with van der Waals surface area (Å²) in [6.07, 6.45) is -4.69. The molecule has 0 saturated carbocycles. The molecule has 2 aromatic heterocycles. The Morgan fingerprint density at radius 2 is 1.75 bits per heavy atom. The van der Waals surface area contributed by atoms with Crippen molar-refractivity contribution in [3.63, 3.8) is 0 Å². The zero-order valence-corrected chi connectivity index (χ0v) is 17.3. The van der Waals surface area contributed by atoms with Crippen LogP contribution in [-0.4, -0.2) is 27.1 Å². The Hall–Kier alpha value is -3.88. The maximum absolute atomic E-state index is 13.7. The van der Waals surface area contributed by atoms with Gasteiger partial charge in [0.25, 0.3) is 5.91 Å². The van der Waals surface area contributed by atoms with Gasteiger partial charge in [-0.15, -0.1) is 0 Å². The highest BCUT2D eigenvalue weighted by Gasteiger charge is 2.35. The van der Waals surface area contributed by atoms with Gasteiger partial charge >= 0.3 is 6.18 Å². The number of nitrogens with one attached hydrogen (secondary N) is 1. The van der Waals surface area contributed by atoms with Crippen LogP contribution in [0, 0.1) is 6.92 Å². The number of nitrogens with zero attached hydrogens (tertiary/aromatic N) is 3. The summed E-state index contributed by atoms with van der Waals surface area (Å²) in [4.78, 5) is 16.9. The van der Waals surface area contributed by atoms with E-state index in [9.17, 15) is 18.0 Å². The average molecular weight is 440 g/mol. The molecule has 0 fully saturated rings. The smallest absolute Gasteiger partial charge is 0.433 e. The van der Waals surface area contributed by atoms with Gasteiger partial charge in [0.2, 0.25) is 0 Å². The molecule has 0 saturated heterocycles. The number of halogens is 3. The molecule has 0 aliphatic rings. The molecule has 0 aliphatic carbocycles. The second-order valence-electron chi connectivity index (χ2n) is 7.10. The first-order valence-corrected chi connectivity index (χ1v) is 9.84. The van der Waals surface area contributed by atoms with Crippen LogP contribution in [0.2, 0.25) is 0 Å². The van der Waals surface area contributed by atoms with Crippen molar-refractivity contribution in [1.29, 1.82) is 0 Å². The van der Waals surface area contributed by atoms with Gasteiger partial charge in [0, 0.05) is 17.3 Å². The molecule has 4 rings (SSSR count). The maximum atomic E-state index is 13.7. The zero-order chi connectivity index (χ0) is 22.9. The number of hydrogen-bond donors (Lipinski definition) is 1. The molecule has 2 heterocycles. The Morgan fingerprint density at radius 3 is 2.38 bits per heavy atom. The van der Waals surface area contributed by atoms with Crippen molar-refractivity contribution in [2.45, 2.75) is 20.0 Å². The fourth-order valence-corrected chi connectivity index (χ4v) is 3.16. The van der Waals surface area contributed by atoms with Gasteiger partial charge in [0.05, 0.1) is 12.3 Å². The van der Waals surface area contributed by atoms with Crippen molar-refractivity contribution in [3.8, 4) is 17.0 Å². The van der Waals surface area contributed by atoms with E-state index >= 15 is 0 Å². The third-order valence-electron chi connectivity index (χ3n) is 4.72. The minimum Gasteiger partial charge on any atom is -0.494 e. The number of benzene rings is 2. The van der Waals surface area contributed by atoms with E-state index in [0.717, 1.165) is 11.6 Å². The van der Waals surface area contributed by atoms with Gasteiger partial charge in [0.15, 0.2) is 17.0 Å². The van der Waals surface area contributed by atoms with Gasteiger partial charge in [0.1, 0.15) is 5.75 Å². The van der Waals surface area contributed by atoms with Crippen LogP contribution in [-0.2, 0) is 6.18 Å². The highest BCUT2D eigenvalue weighted by atomic mass is 19.4. The first-order valence-electron chi connectivity index (χ1n) is 9.84. The SMILES string of the molecule is CCOc1ccc(NC(=O)c2cc3nc(-c4ccc(C)cc4)cc(C(F)(F)F)n3n2)cc1. The molecular formula is C23H19F3N4O2. The molecule has 0 bridgehead atoms. The van der Waals surface area contributed by atoms with E-state index in [1.807, 2.05) is 13.8 Å². The van der Waals surface area contributed by atoms with Crippen molar-refractivity contribution in [1.82, 2.24) is 14.6 Å². The maximum Gasteiger partial charge on any atom is 0.433 e. The molecule has 0 atom stereocenters. The van der Waals surface area contributed by atoms with E-state index in [0.29, 0.717) is 28.1 Å². The molecule has 4 aromatic rings. The monoisotopic (exact) mass is 440 g/mol. The molecule has 164 valence electrons. The quantitative estimate of drug-likeness (QED) is 0.453. The lowest BCUT2D eigenvalue weighted by molar-refractivity contribution is -0.142. The summed E-state index contributed by atoms with van der Waals surface area (Å²) in [6.45, 7) is 4.24. The summed E-state index contributed by atoms with van der Waals surface area (Å²) in [5.74, 6) is -0.00875. The minimum atomic E-state index is -4.69. The number of carbonyl (C=O) groups excluding carboxylic acids is 1. The summed E-state index contributed by atoms with van der Waals surface area (Å²) in [5.41, 5.74) is 0.833. The topological polar surface area (TPSA) is 68.5 Å². The lowest BCUT2D eigenvalue weighted by atomic mass is 10.1. The van der Waals surface area contributed by atoms with E-state index in [1.54, 1.807) is 48.5 Å². The van der Waals surface area contributed by atoms with E-state index < -0.39 is 17.8 Å². The van der Waals surface area contributed by atoms with Gasteiger partial charge in [-0.2, -0.15) is 18.3 Å². The number of aromatic nitrogens is 3. The zero-order valence-electron chi connectivity index (χ0n) is 17.3. The molecule has 0 spiro atoms. The summed E-state index contributed by atoms with van der Waals surface area (Å²) < 4.78 is 47.2. The number of carbonyl (C=O) groups is 1. The van der Waals surface area contributed by atoms with Crippen LogP contribution >= 0.6 is 0 Å². The summed E-state index contributed by atoms with van der Waals surface area (Å²) in [5, 5.41) is 6.49. The fraction of sp³-hybridized carbons (Fsp3) is 0.174. The van der Waals surface area contributed by atoms with Crippen LogP contribution in [0.1, 0.15) is 28.7 Å². The van der Waals surface area contributed by atoms with E-state index in [4.69, 9.17) is 4.74 Å². The van der Waals surface area contributed by atoms with E-state index in [1.165, 1.54) is 6.07 Å². The van der Waals surface area contributed by atoms with Gasteiger partial charge in [-0.1, -0.05) is 29.8 Å². The Balaban J connectivity index is 1.70. The van der Waals surface area contributed by atoms with Crippen LogP contribution in [0.5, 0.6) is 5.75 Å². The number of alkyl halides is 3. The second kappa shape index (κ2) is 8.33. The predicted molar refractivity (Wildman–Crippen MR) is 114 cm³/mol. The molecule has 1 N–H and O–H groups in total. The summed E-state index contributed by atoms with van der Waals surface area (Å²) in [6, 6.07) is 15.8. The number of aryl methyl sites for hydroxylation is 1. The average Bonchev–Trinajstić information content (AvgIpc) is 3.19. The van der Waals surface area contributed by atoms with Crippen molar-refractivity contribution in [3.05, 3.63) is 77.6 Å². The number of ether oxygens (including phenoxy) is 1. The molecule has 32 heavy (non-hydrogen) atoms.